The van der Waals surface area contributed by atoms with Crippen LogP contribution in [0.1, 0.15) is 22.4 Å². The van der Waals surface area contributed by atoms with Gasteiger partial charge in [-0.1, -0.05) is 60.2 Å². The van der Waals surface area contributed by atoms with E-state index in [2.05, 4.69) is 65.0 Å². The van der Waals surface area contributed by atoms with Crippen molar-refractivity contribution in [3.8, 4) is 11.3 Å². The Bertz CT molecular complexity index is 960. The molecule has 2 heterocycles. The lowest BCUT2D eigenvalue weighted by Crippen LogP contribution is -2.35. The Morgan fingerprint density at radius 2 is 1.75 bits per heavy atom. The summed E-state index contributed by atoms with van der Waals surface area (Å²) in [6, 6.07) is 19.0. The second-order valence-corrected chi connectivity index (χ2v) is 7.53. The van der Waals surface area contributed by atoms with Gasteiger partial charge in [0, 0.05) is 36.3 Å². The van der Waals surface area contributed by atoms with Gasteiger partial charge in [0.15, 0.2) is 0 Å². The number of rotatable bonds is 5. The number of nitrogens with zero attached hydrogens (tertiary/aromatic N) is 3. The molecular weight excluding hydrogens is 348 g/mol. The smallest absolute Gasteiger partial charge is 0.231 e. The average Bonchev–Trinajstić information content (AvgIpc) is 2.88. The molecule has 5 heteroatoms. The van der Waals surface area contributed by atoms with Gasteiger partial charge in [-0.3, -0.25) is 14.4 Å². The molecule has 1 aliphatic heterocycles. The summed E-state index contributed by atoms with van der Waals surface area (Å²) >= 11 is 0. The minimum atomic E-state index is -0.268. The summed E-state index contributed by atoms with van der Waals surface area (Å²) in [7, 11) is 0. The van der Waals surface area contributed by atoms with E-state index in [1.54, 1.807) is 0 Å². The number of hydrogen-bond acceptors (Lipinski definition) is 3. The zero-order chi connectivity index (χ0) is 19.5. The first kappa shape index (κ1) is 18.4. The molecule has 1 aromatic heterocycles. The van der Waals surface area contributed by atoms with Crippen molar-refractivity contribution in [1.82, 2.24) is 14.7 Å². The molecule has 0 saturated carbocycles. The highest BCUT2D eigenvalue weighted by atomic mass is 16.1. The van der Waals surface area contributed by atoms with Crippen LogP contribution in [0.5, 0.6) is 0 Å². The maximum Gasteiger partial charge on any atom is 0.231 e. The fourth-order valence-electron chi connectivity index (χ4n) is 3.93. The van der Waals surface area contributed by atoms with Crippen LogP contribution in [-0.4, -0.2) is 40.2 Å². The zero-order valence-corrected chi connectivity index (χ0v) is 16.3. The fourth-order valence-corrected chi connectivity index (χ4v) is 3.93. The maximum absolute atomic E-state index is 11.4. The number of primary amides is 1. The number of carbonyl (C=O) groups excluding carboxylic acids is 1. The monoisotopic (exact) mass is 374 g/mol. The first-order valence-corrected chi connectivity index (χ1v) is 9.80. The molecule has 0 fully saturated rings. The second kappa shape index (κ2) is 7.98. The van der Waals surface area contributed by atoms with E-state index < -0.39 is 0 Å². The Hall–Kier alpha value is -2.92. The van der Waals surface area contributed by atoms with E-state index in [1.807, 2.05) is 6.07 Å². The minimum Gasteiger partial charge on any atom is -0.369 e. The van der Waals surface area contributed by atoms with Crippen LogP contribution in [0.2, 0.25) is 0 Å². The number of aromatic nitrogens is 2. The summed E-state index contributed by atoms with van der Waals surface area (Å²) < 4.78 is 2.15. The van der Waals surface area contributed by atoms with Crippen LogP contribution in [0.25, 0.3) is 11.3 Å². The number of benzene rings is 2. The number of aryl methyl sites for hydroxylation is 1. The second-order valence-electron chi connectivity index (χ2n) is 7.53. The highest BCUT2D eigenvalue weighted by Gasteiger charge is 2.24. The number of fused-ring (bicyclic) bond motifs is 1. The molecule has 0 spiro atoms. The Balaban J connectivity index is 1.71. The maximum atomic E-state index is 11.4. The van der Waals surface area contributed by atoms with Crippen molar-refractivity contribution in [3.05, 3.63) is 77.0 Å². The number of hydrogen-bond donors (Lipinski definition) is 1. The molecular formula is C23H26N4O. The van der Waals surface area contributed by atoms with Gasteiger partial charge >= 0.3 is 0 Å². The first-order valence-electron chi connectivity index (χ1n) is 9.80. The molecule has 0 saturated heterocycles. The van der Waals surface area contributed by atoms with E-state index in [4.69, 9.17) is 10.8 Å². The molecule has 2 N–H and O–H groups in total. The van der Waals surface area contributed by atoms with Gasteiger partial charge in [0.1, 0.15) is 0 Å². The molecule has 0 aliphatic carbocycles. The van der Waals surface area contributed by atoms with Crippen molar-refractivity contribution < 1.29 is 4.79 Å². The van der Waals surface area contributed by atoms with Gasteiger partial charge in [-0.2, -0.15) is 5.10 Å². The number of nitrogens with two attached hydrogens (primary N) is 1. The molecule has 1 aliphatic rings. The van der Waals surface area contributed by atoms with Crippen molar-refractivity contribution >= 4 is 5.91 Å². The van der Waals surface area contributed by atoms with E-state index in [0.717, 1.165) is 43.7 Å². The SMILES string of the molecule is Cc1ccc(-c2nn(Cc3ccccc3)c3c2CCN(CC(N)=O)CC3)cc1. The largest absolute Gasteiger partial charge is 0.369 e. The van der Waals surface area contributed by atoms with E-state index in [9.17, 15) is 4.79 Å². The lowest BCUT2D eigenvalue weighted by atomic mass is 10.0. The summed E-state index contributed by atoms with van der Waals surface area (Å²) in [5.41, 5.74) is 12.7. The zero-order valence-electron chi connectivity index (χ0n) is 16.3. The lowest BCUT2D eigenvalue weighted by molar-refractivity contribution is -0.119. The van der Waals surface area contributed by atoms with Gasteiger partial charge in [0.2, 0.25) is 5.91 Å². The quantitative estimate of drug-likeness (QED) is 0.747. The van der Waals surface area contributed by atoms with Gasteiger partial charge in [0.05, 0.1) is 18.8 Å². The van der Waals surface area contributed by atoms with Crippen molar-refractivity contribution in [3.63, 3.8) is 0 Å². The molecule has 28 heavy (non-hydrogen) atoms. The molecule has 0 unspecified atom stereocenters. The Morgan fingerprint density at radius 3 is 2.46 bits per heavy atom. The van der Waals surface area contributed by atoms with E-state index in [1.165, 1.54) is 22.4 Å². The normalized spacial score (nSPS) is 14.5. The van der Waals surface area contributed by atoms with Gasteiger partial charge in [-0.15, -0.1) is 0 Å². The van der Waals surface area contributed by atoms with Crippen LogP contribution in [0.3, 0.4) is 0 Å². The average molecular weight is 374 g/mol. The predicted octanol–water partition coefficient (Wildman–Crippen LogP) is 2.79. The minimum absolute atomic E-state index is 0.268. The lowest BCUT2D eigenvalue weighted by Gasteiger charge is -2.17. The van der Waals surface area contributed by atoms with E-state index >= 15 is 0 Å². The predicted molar refractivity (Wildman–Crippen MR) is 111 cm³/mol. The van der Waals surface area contributed by atoms with Crippen LogP contribution in [0.4, 0.5) is 0 Å². The summed E-state index contributed by atoms with van der Waals surface area (Å²) in [4.78, 5) is 13.5. The van der Waals surface area contributed by atoms with Crippen LogP contribution in [-0.2, 0) is 24.2 Å². The van der Waals surface area contributed by atoms with Crippen LogP contribution in [0, 0.1) is 6.92 Å². The number of amides is 1. The topological polar surface area (TPSA) is 64.2 Å². The molecule has 0 atom stereocenters. The van der Waals surface area contributed by atoms with Gasteiger partial charge in [0.25, 0.3) is 0 Å². The van der Waals surface area contributed by atoms with Gasteiger partial charge in [-0.25, -0.2) is 0 Å². The Labute approximate surface area is 165 Å². The van der Waals surface area contributed by atoms with Crippen LogP contribution in [0.15, 0.2) is 54.6 Å². The van der Waals surface area contributed by atoms with Crippen molar-refractivity contribution in [2.75, 3.05) is 19.6 Å². The van der Waals surface area contributed by atoms with Gasteiger partial charge in [-0.05, 0) is 18.9 Å². The number of carbonyl (C=O) groups is 1. The molecule has 0 bridgehead atoms. The summed E-state index contributed by atoms with van der Waals surface area (Å²) in [5.74, 6) is -0.268. The molecule has 5 nitrogen and oxygen atoms in total. The fraction of sp³-hybridized carbons (Fsp3) is 0.304. The molecule has 4 rings (SSSR count). The molecule has 144 valence electrons. The third-order valence-corrected chi connectivity index (χ3v) is 5.39. The Morgan fingerprint density at radius 1 is 1.04 bits per heavy atom. The molecule has 1 amide bonds. The van der Waals surface area contributed by atoms with E-state index in [0.29, 0.717) is 6.54 Å². The highest BCUT2D eigenvalue weighted by Crippen LogP contribution is 2.29. The summed E-state index contributed by atoms with van der Waals surface area (Å²) in [6.07, 6.45) is 1.74. The van der Waals surface area contributed by atoms with Crippen LogP contribution >= 0.6 is 0 Å². The summed E-state index contributed by atoms with van der Waals surface area (Å²) in [6.45, 7) is 4.82. The molecule has 0 radical (unpaired) electrons. The van der Waals surface area contributed by atoms with Crippen molar-refractivity contribution in [2.45, 2.75) is 26.3 Å². The third kappa shape index (κ3) is 3.99. The van der Waals surface area contributed by atoms with Gasteiger partial charge < -0.3 is 5.73 Å². The van der Waals surface area contributed by atoms with E-state index in [-0.39, 0.29) is 5.91 Å². The summed E-state index contributed by atoms with van der Waals surface area (Å²) in [5, 5.41) is 5.02. The third-order valence-electron chi connectivity index (χ3n) is 5.39. The molecule has 2 aromatic carbocycles. The Kier molecular flexibility index (Phi) is 5.26. The van der Waals surface area contributed by atoms with Crippen LogP contribution < -0.4 is 5.73 Å². The van der Waals surface area contributed by atoms with Crippen molar-refractivity contribution in [1.29, 1.82) is 0 Å². The first-order chi connectivity index (χ1) is 13.6. The van der Waals surface area contributed by atoms with Crippen molar-refractivity contribution in [2.24, 2.45) is 5.73 Å². The standard InChI is InChI=1S/C23H26N4O/c1-17-7-9-19(10-8-17)23-20-11-13-26(16-22(24)28)14-12-21(20)27(25-23)15-18-5-3-2-4-6-18/h2-10H,11-16H2,1H3,(H2,24,28). The highest BCUT2D eigenvalue weighted by molar-refractivity contribution is 5.76. The molecule has 3 aromatic rings.